The Morgan fingerprint density at radius 3 is 1.83 bits per heavy atom. The number of amides is 1. The van der Waals surface area contributed by atoms with E-state index in [0.29, 0.717) is 12.8 Å². The van der Waals surface area contributed by atoms with Crippen molar-refractivity contribution < 1.29 is 33.5 Å². The minimum Gasteiger partial charge on any atom is -0.393 e. The monoisotopic (exact) mass is 672 g/mol. The highest BCUT2D eigenvalue weighted by atomic mass is 31.2. The summed E-state index contributed by atoms with van der Waals surface area (Å²) >= 11 is 0. The lowest BCUT2D eigenvalue weighted by molar-refractivity contribution is -0.124. The fourth-order valence-corrected chi connectivity index (χ4v) is 5.71. The first-order valence-electron chi connectivity index (χ1n) is 18.2. The summed E-state index contributed by atoms with van der Waals surface area (Å²) < 4.78 is 21.9. The third-order valence-electron chi connectivity index (χ3n) is 7.74. The molecule has 0 saturated heterocycles. The van der Waals surface area contributed by atoms with Gasteiger partial charge >= 0.3 is 7.82 Å². The Morgan fingerprint density at radius 2 is 1.24 bits per heavy atom. The number of unbranched alkanes of at least 4 members (excludes halogenated alkanes) is 15. The van der Waals surface area contributed by atoms with Crippen LogP contribution in [-0.2, 0) is 18.4 Å². The van der Waals surface area contributed by atoms with Crippen molar-refractivity contribution in [1.29, 1.82) is 0 Å². The first-order chi connectivity index (χ1) is 22.3. The number of nitrogens with two attached hydrogens (primary N) is 1. The quantitative estimate of drug-likeness (QED) is 0.0266. The Hall–Kier alpha value is -1.32. The molecule has 4 unspecified atom stereocenters. The smallest absolute Gasteiger partial charge is 0.393 e. The van der Waals surface area contributed by atoms with E-state index in [4.69, 9.17) is 14.8 Å². The van der Waals surface area contributed by atoms with Crippen LogP contribution in [-0.4, -0.2) is 59.0 Å². The topological polar surface area (TPSA) is 151 Å². The van der Waals surface area contributed by atoms with Gasteiger partial charge in [-0.2, -0.15) is 0 Å². The van der Waals surface area contributed by atoms with Gasteiger partial charge in [0.25, 0.3) is 0 Å². The lowest BCUT2D eigenvalue weighted by Gasteiger charge is -2.24. The van der Waals surface area contributed by atoms with E-state index in [9.17, 15) is 24.5 Å². The van der Waals surface area contributed by atoms with Crippen molar-refractivity contribution in [2.75, 3.05) is 19.8 Å². The first-order valence-corrected chi connectivity index (χ1v) is 19.7. The predicted molar refractivity (Wildman–Crippen MR) is 190 cm³/mol. The van der Waals surface area contributed by atoms with Crippen LogP contribution < -0.4 is 11.1 Å². The fourth-order valence-electron chi connectivity index (χ4n) is 4.95. The number of hydrogen-bond acceptors (Lipinski definition) is 7. The zero-order valence-corrected chi connectivity index (χ0v) is 30.1. The number of carbonyl (C=O) groups is 1. The Kier molecular flexibility index (Phi) is 31.3. The summed E-state index contributed by atoms with van der Waals surface area (Å²) in [4.78, 5) is 22.6. The van der Waals surface area contributed by atoms with E-state index in [1.807, 2.05) is 6.08 Å². The second kappa shape index (κ2) is 32.2. The standard InChI is InChI=1S/C36H69N2O7P/c1-3-5-7-9-11-13-15-16-18-19-21-23-25-27-33(39)31-36(41)38-34(32-45-46(42,43)44-30-29-37)35(40)28-26-24-22-20-17-14-12-10-8-6-4-2/h13,15,17,20,26,28,33-35,39-40H,3-12,14,16,18-19,21-25,27,29-32,37H2,1-2H3,(H,38,41)(H,42,43)/b15-13-,20-17+,28-26+. The molecule has 0 heterocycles. The van der Waals surface area contributed by atoms with Gasteiger partial charge in [0.1, 0.15) is 0 Å². The van der Waals surface area contributed by atoms with Crippen LogP contribution in [0.1, 0.15) is 149 Å². The number of phosphoric acid groups is 1. The zero-order chi connectivity index (χ0) is 34.1. The van der Waals surface area contributed by atoms with Gasteiger partial charge in [0, 0.05) is 6.54 Å². The van der Waals surface area contributed by atoms with Gasteiger partial charge < -0.3 is 26.2 Å². The van der Waals surface area contributed by atoms with Crippen LogP contribution in [0.2, 0.25) is 0 Å². The van der Waals surface area contributed by atoms with Gasteiger partial charge in [0.15, 0.2) is 0 Å². The third kappa shape index (κ3) is 30.0. The number of nitrogens with one attached hydrogen (secondary N) is 1. The van der Waals surface area contributed by atoms with E-state index in [1.165, 1.54) is 70.6 Å². The lowest BCUT2D eigenvalue weighted by atomic mass is 10.0. The number of allylic oxidation sites excluding steroid dienone is 5. The maximum atomic E-state index is 12.7. The molecule has 0 rings (SSSR count). The summed E-state index contributed by atoms with van der Waals surface area (Å²) in [7, 11) is -4.40. The number of rotatable bonds is 33. The van der Waals surface area contributed by atoms with Crippen molar-refractivity contribution in [2.24, 2.45) is 5.73 Å². The van der Waals surface area contributed by atoms with Gasteiger partial charge in [-0.1, -0.05) is 121 Å². The van der Waals surface area contributed by atoms with Crippen molar-refractivity contribution >= 4 is 13.7 Å². The maximum Gasteiger partial charge on any atom is 0.472 e. The van der Waals surface area contributed by atoms with Gasteiger partial charge in [0.05, 0.1) is 37.9 Å². The van der Waals surface area contributed by atoms with Crippen molar-refractivity contribution in [3.05, 3.63) is 36.5 Å². The molecule has 0 aromatic carbocycles. The van der Waals surface area contributed by atoms with Crippen molar-refractivity contribution in [2.45, 2.75) is 167 Å². The number of hydrogen-bond donors (Lipinski definition) is 5. The number of carbonyl (C=O) groups excluding carboxylic acids is 1. The van der Waals surface area contributed by atoms with E-state index in [2.05, 4.69) is 43.5 Å². The number of phosphoric ester groups is 1. The van der Waals surface area contributed by atoms with Crippen LogP contribution in [0.4, 0.5) is 0 Å². The molecule has 4 atom stereocenters. The Bertz CT molecular complexity index is 837. The molecule has 0 aliphatic rings. The molecule has 0 radical (unpaired) electrons. The highest BCUT2D eigenvalue weighted by Crippen LogP contribution is 2.43. The summed E-state index contributed by atoms with van der Waals surface area (Å²) in [6.07, 6.45) is 32.3. The van der Waals surface area contributed by atoms with Gasteiger partial charge in [-0.15, -0.1) is 0 Å². The second-order valence-electron chi connectivity index (χ2n) is 12.3. The van der Waals surface area contributed by atoms with E-state index in [0.717, 1.165) is 44.9 Å². The molecule has 9 nitrogen and oxygen atoms in total. The van der Waals surface area contributed by atoms with E-state index in [-0.39, 0.29) is 19.6 Å². The summed E-state index contributed by atoms with van der Waals surface area (Å²) in [6.45, 7) is 3.87. The molecule has 0 aromatic heterocycles. The molecule has 46 heavy (non-hydrogen) atoms. The van der Waals surface area contributed by atoms with E-state index < -0.39 is 38.6 Å². The summed E-state index contributed by atoms with van der Waals surface area (Å²) in [5, 5.41) is 23.8. The van der Waals surface area contributed by atoms with Crippen molar-refractivity contribution in [3.8, 4) is 0 Å². The highest BCUT2D eigenvalue weighted by molar-refractivity contribution is 7.47. The summed E-state index contributed by atoms with van der Waals surface area (Å²) in [5.74, 6) is -0.465. The molecule has 0 bridgehead atoms. The van der Waals surface area contributed by atoms with Crippen LogP contribution in [0.3, 0.4) is 0 Å². The number of aliphatic hydroxyl groups is 2. The average molecular weight is 673 g/mol. The van der Waals surface area contributed by atoms with Crippen LogP contribution in [0.5, 0.6) is 0 Å². The molecule has 0 fully saturated rings. The third-order valence-corrected chi connectivity index (χ3v) is 8.73. The molecule has 6 N–H and O–H groups in total. The molecule has 10 heteroatoms. The Balaban J connectivity index is 4.52. The SMILES string of the molecule is CCCCCC/C=C\CCCCCCCC(O)CC(=O)NC(COP(=O)(O)OCCN)C(O)/C=C/CC/C=C/CCCCCCC. The molecule has 0 aromatic rings. The zero-order valence-electron chi connectivity index (χ0n) is 29.2. The molecule has 0 saturated carbocycles. The van der Waals surface area contributed by atoms with Gasteiger partial charge in [-0.05, 0) is 57.8 Å². The van der Waals surface area contributed by atoms with Gasteiger partial charge in [-0.25, -0.2) is 4.57 Å². The van der Waals surface area contributed by atoms with Gasteiger partial charge in [-0.3, -0.25) is 13.8 Å². The first kappa shape index (κ1) is 44.7. The summed E-state index contributed by atoms with van der Waals surface area (Å²) in [5.41, 5.74) is 5.33. The largest absolute Gasteiger partial charge is 0.472 e. The fraction of sp³-hybridized carbons (Fsp3) is 0.806. The number of aliphatic hydroxyl groups excluding tert-OH is 2. The maximum absolute atomic E-state index is 12.7. The van der Waals surface area contributed by atoms with Crippen molar-refractivity contribution in [3.63, 3.8) is 0 Å². The molecule has 1 amide bonds. The molecule has 0 aliphatic carbocycles. The van der Waals surface area contributed by atoms with Crippen LogP contribution >= 0.6 is 7.82 Å². The molecule has 0 aliphatic heterocycles. The second-order valence-corrected chi connectivity index (χ2v) is 13.7. The summed E-state index contributed by atoms with van der Waals surface area (Å²) in [6, 6.07) is -0.998. The average Bonchev–Trinajstić information content (AvgIpc) is 3.03. The van der Waals surface area contributed by atoms with Crippen LogP contribution in [0, 0.1) is 0 Å². The highest BCUT2D eigenvalue weighted by Gasteiger charge is 2.27. The van der Waals surface area contributed by atoms with Crippen molar-refractivity contribution in [1.82, 2.24) is 5.32 Å². The Morgan fingerprint density at radius 1 is 0.739 bits per heavy atom. The molecule has 0 spiro atoms. The van der Waals surface area contributed by atoms with Crippen LogP contribution in [0.15, 0.2) is 36.5 Å². The Labute approximate surface area is 281 Å². The lowest BCUT2D eigenvalue weighted by Crippen LogP contribution is -2.46. The van der Waals surface area contributed by atoms with E-state index in [1.54, 1.807) is 6.08 Å². The molecular formula is C36H69N2O7P. The molecular weight excluding hydrogens is 603 g/mol. The minimum absolute atomic E-state index is 0.0429. The predicted octanol–water partition coefficient (Wildman–Crippen LogP) is 8.19. The van der Waals surface area contributed by atoms with Gasteiger partial charge in [0.2, 0.25) is 5.91 Å². The minimum atomic E-state index is -4.40. The normalized spacial score (nSPS) is 15.5. The molecule has 270 valence electrons. The van der Waals surface area contributed by atoms with Crippen LogP contribution in [0.25, 0.3) is 0 Å². The van der Waals surface area contributed by atoms with E-state index >= 15 is 0 Å².